The first-order valence-electron chi connectivity index (χ1n) is 9.72. The first kappa shape index (κ1) is 21.9. The third-order valence-corrected chi connectivity index (χ3v) is 5.14. The number of nitrogens with zero attached hydrogens (tertiary/aromatic N) is 3. The van der Waals surface area contributed by atoms with Gasteiger partial charge in [0.15, 0.2) is 0 Å². The van der Waals surface area contributed by atoms with E-state index in [1.165, 1.54) is 11.0 Å². The van der Waals surface area contributed by atoms with E-state index in [0.717, 1.165) is 24.8 Å². The number of nitrogens with one attached hydrogen (secondary N) is 1. The minimum absolute atomic E-state index is 0.0362. The number of likely N-dealkylation sites (tertiary alicyclic amines) is 1. The lowest BCUT2D eigenvalue weighted by Gasteiger charge is -2.31. The topological polar surface area (TPSA) is 132 Å². The SMILES string of the molecule is COC(=O)c1cc(C(=O)N2CCC(C(=O)NCc3cccnc3)CC2)cc([N+](=O)[O-])c1. The molecule has 0 radical (unpaired) electrons. The fourth-order valence-electron chi connectivity index (χ4n) is 3.44. The number of aromatic nitrogens is 1. The van der Waals surface area contributed by atoms with Gasteiger partial charge in [0.05, 0.1) is 17.6 Å². The molecule has 0 atom stereocenters. The van der Waals surface area contributed by atoms with Crippen LogP contribution in [0.1, 0.15) is 39.1 Å². The number of non-ortho nitro benzene ring substituents is 1. The van der Waals surface area contributed by atoms with E-state index in [-0.39, 0.29) is 28.6 Å². The Kier molecular flexibility index (Phi) is 6.91. The van der Waals surface area contributed by atoms with E-state index in [2.05, 4.69) is 15.0 Å². The van der Waals surface area contributed by atoms with E-state index in [0.29, 0.717) is 32.5 Å². The molecular formula is C21H22N4O6. The number of carbonyl (C=O) groups excluding carboxylic acids is 3. The van der Waals surface area contributed by atoms with Crippen molar-refractivity contribution in [1.29, 1.82) is 0 Å². The van der Waals surface area contributed by atoms with E-state index in [9.17, 15) is 24.5 Å². The van der Waals surface area contributed by atoms with Gasteiger partial charge in [0.2, 0.25) is 5.91 Å². The highest BCUT2D eigenvalue weighted by atomic mass is 16.6. The summed E-state index contributed by atoms with van der Waals surface area (Å²) in [7, 11) is 1.16. The zero-order valence-electron chi connectivity index (χ0n) is 16.9. The zero-order valence-corrected chi connectivity index (χ0v) is 16.9. The second kappa shape index (κ2) is 9.79. The van der Waals surface area contributed by atoms with Crippen molar-refractivity contribution < 1.29 is 24.0 Å². The summed E-state index contributed by atoms with van der Waals surface area (Å²) in [5.74, 6) is -1.50. The second-order valence-electron chi connectivity index (χ2n) is 7.16. The molecule has 1 aliphatic heterocycles. The van der Waals surface area contributed by atoms with Crippen LogP contribution in [0.5, 0.6) is 0 Å². The van der Waals surface area contributed by atoms with Gasteiger partial charge in [0, 0.05) is 55.6 Å². The summed E-state index contributed by atoms with van der Waals surface area (Å²) in [6.45, 7) is 1.05. The number of ether oxygens (including phenoxy) is 1. The Balaban J connectivity index is 1.62. The molecule has 3 rings (SSSR count). The minimum Gasteiger partial charge on any atom is -0.465 e. The van der Waals surface area contributed by atoms with Gasteiger partial charge in [0.25, 0.3) is 11.6 Å². The molecule has 2 aromatic rings. The third kappa shape index (κ3) is 5.41. The van der Waals surface area contributed by atoms with Gasteiger partial charge in [-0.1, -0.05) is 6.07 Å². The Morgan fingerprint density at radius 2 is 1.94 bits per heavy atom. The molecule has 0 saturated carbocycles. The fourth-order valence-corrected chi connectivity index (χ4v) is 3.44. The van der Waals surface area contributed by atoms with Gasteiger partial charge < -0.3 is 15.0 Å². The molecule has 0 aliphatic carbocycles. The largest absolute Gasteiger partial charge is 0.465 e. The van der Waals surface area contributed by atoms with Crippen molar-refractivity contribution in [2.45, 2.75) is 19.4 Å². The zero-order chi connectivity index (χ0) is 22.4. The van der Waals surface area contributed by atoms with Crippen LogP contribution in [0.3, 0.4) is 0 Å². The average molecular weight is 426 g/mol. The maximum atomic E-state index is 12.9. The Bertz CT molecular complexity index is 987. The highest BCUT2D eigenvalue weighted by molar-refractivity contribution is 5.99. The summed E-state index contributed by atoms with van der Waals surface area (Å²) in [6, 6.07) is 7.16. The summed E-state index contributed by atoms with van der Waals surface area (Å²) in [4.78, 5) is 53.2. The van der Waals surface area contributed by atoms with Crippen molar-refractivity contribution in [1.82, 2.24) is 15.2 Å². The molecule has 1 aliphatic rings. The van der Waals surface area contributed by atoms with Gasteiger partial charge in [-0.2, -0.15) is 0 Å². The smallest absolute Gasteiger partial charge is 0.338 e. The summed E-state index contributed by atoms with van der Waals surface area (Å²) < 4.78 is 4.61. The van der Waals surface area contributed by atoms with Crippen molar-refractivity contribution in [2.75, 3.05) is 20.2 Å². The van der Waals surface area contributed by atoms with Crippen molar-refractivity contribution in [3.05, 3.63) is 69.5 Å². The number of carbonyl (C=O) groups is 3. The highest BCUT2D eigenvalue weighted by Crippen LogP contribution is 2.23. The van der Waals surface area contributed by atoms with Crippen LogP contribution in [0.2, 0.25) is 0 Å². The number of rotatable bonds is 6. The van der Waals surface area contributed by atoms with Crippen LogP contribution in [0.25, 0.3) is 0 Å². The standard InChI is InChI=1S/C21H22N4O6/c1-31-21(28)17-9-16(10-18(11-17)25(29)30)20(27)24-7-4-15(5-8-24)19(26)23-13-14-3-2-6-22-12-14/h2-3,6,9-12,15H,4-5,7-8,13H2,1H3,(H,23,26). The summed E-state index contributed by atoms with van der Waals surface area (Å²) in [6.07, 6.45) is 4.30. The van der Waals surface area contributed by atoms with Crippen LogP contribution in [0, 0.1) is 16.0 Å². The number of pyridine rings is 1. The molecule has 31 heavy (non-hydrogen) atoms. The third-order valence-electron chi connectivity index (χ3n) is 5.14. The van der Waals surface area contributed by atoms with Crippen LogP contribution >= 0.6 is 0 Å². The highest BCUT2D eigenvalue weighted by Gasteiger charge is 2.29. The minimum atomic E-state index is -0.762. The van der Waals surface area contributed by atoms with Crippen molar-refractivity contribution in [2.24, 2.45) is 5.92 Å². The van der Waals surface area contributed by atoms with E-state index < -0.39 is 16.8 Å². The number of amides is 2. The van der Waals surface area contributed by atoms with Crippen LogP contribution in [-0.2, 0) is 16.1 Å². The molecule has 1 saturated heterocycles. The Morgan fingerprint density at radius 3 is 2.55 bits per heavy atom. The van der Waals surface area contributed by atoms with Gasteiger partial charge in [-0.3, -0.25) is 24.7 Å². The number of piperidine rings is 1. The molecule has 0 spiro atoms. The first-order chi connectivity index (χ1) is 14.9. The molecule has 1 aromatic carbocycles. The molecule has 1 aromatic heterocycles. The summed E-state index contributed by atoms with van der Waals surface area (Å²) in [5, 5.41) is 14.1. The number of methoxy groups -OCH3 is 1. The van der Waals surface area contributed by atoms with Gasteiger partial charge in [-0.15, -0.1) is 0 Å². The number of benzene rings is 1. The fraction of sp³-hybridized carbons (Fsp3) is 0.333. The summed E-state index contributed by atoms with van der Waals surface area (Å²) >= 11 is 0. The number of hydrogen-bond donors (Lipinski definition) is 1. The lowest BCUT2D eigenvalue weighted by Crippen LogP contribution is -2.43. The second-order valence-corrected chi connectivity index (χ2v) is 7.16. The Morgan fingerprint density at radius 1 is 1.23 bits per heavy atom. The van der Waals surface area contributed by atoms with Crippen LogP contribution in [0.15, 0.2) is 42.7 Å². The predicted molar refractivity (Wildman–Crippen MR) is 109 cm³/mol. The normalized spacial score (nSPS) is 14.0. The van der Waals surface area contributed by atoms with Crippen LogP contribution in [-0.4, -0.2) is 52.8 Å². The maximum absolute atomic E-state index is 12.9. The molecule has 162 valence electrons. The lowest BCUT2D eigenvalue weighted by molar-refractivity contribution is -0.384. The van der Waals surface area contributed by atoms with Crippen molar-refractivity contribution in [3.63, 3.8) is 0 Å². The average Bonchev–Trinajstić information content (AvgIpc) is 2.81. The van der Waals surface area contributed by atoms with Gasteiger partial charge in [0.1, 0.15) is 0 Å². The predicted octanol–water partition coefficient (Wildman–Crippen LogP) is 1.94. The molecule has 10 nitrogen and oxygen atoms in total. The van der Waals surface area contributed by atoms with Crippen LogP contribution in [0.4, 0.5) is 5.69 Å². The maximum Gasteiger partial charge on any atom is 0.338 e. The van der Waals surface area contributed by atoms with E-state index >= 15 is 0 Å². The quantitative estimate of drug-likeness (QED) is 0.424. The van der Waals surface area contributed by atoms with Gasteiger partial charge in [-0.25, -0.2) is 4.79 Å². The Hall–Kier alpha value is -3.82. The number of esters is 1. The molecule has 10 heteroatoms. The number of nitro benzene ring substituents is 1. The van der Waals surface area contributed by atoms with Crippen molar-refractivity contribution >= 4 is 23.5 Å². The van der Waals surface area contributed by atoms with Gasteiger partial charge in [-0.05, 0) is 30.5 Å². The number of nitro groups is 1. The molecule has 1 N–H and O–H groups in total. The monoisotopic (exact) mass is 426 g/mol. The van der Waals surface area contributed by atoms with E-state index in [1.54, 1.807) is 18.5 Å². The molecule has 2 amide bonds. The molecule has 1 fully saturated rings. The Labute approximate surface area is 178 Å². The van der Waals surface area contributed by atoms with Gasteiger partial charge >= 0.3 is 5.97 Å². The summed E-state index contributed by atoms with van der Waals surface area (Å²) in [5.41, 5.74) is 0.505. The van der Waals surface area contributed by atoms with Crippen molar-refractivity contribution in [3.8, 4) is 0 Å². The first-order valence-corrected chi connectivity index (χ1v) is 9.72. The molecule has 0 unspecified atom stereocenters. The van der Waals surface area contributed by atoms with E-state index in [4.69, 9.17) is 0 Å². The number of hydrogen-bond acceptors (Lipinski definition) is 7. The molecule has 2 heterocycles. The molecule has 0 bridgehead atoms. The van der Waals surface area contributed by atoms with E-state index in [1.807, 2.05) is 6.07 Å². The lowest BCUT2D eigenvalue weighted by atomic mass is 9.95. The van der Waals surface area contributed by atoms with Crippen LogP contribution < -0.4 is 5.32 Å². The molecular weight excluding hydrogens is 404 g/mol.